The number of hydrogen-bond donors (Lipinski definition) is 2. The van der Waals surface area contributed by atoms with Crippen LogP contribution in [0.15, 0.2) is 24.3 Å². The lowest BCUT2D eigenvalue weighted by Crippen LogP contribution is -2.50. The van der Waals surface area contributed by atoms with Crippen molar-refractivity contribution >= 4 is 16.9 Å². The number of para-hydroxylation sites is 2. The summed E-state index contributed by atoms with van der Waals surface area (Å²) in [5, 5.41) is 3.07. The molecule has 0 radical (unpaired) electrons. The van der Waals surface area contributed by atoms with E-state index in [1.165, 1.54) is 0 Å². The Hall–Kier alpha value is -2.32. The van der Waals surface area contributed by atoms with Gasteiger partial charge >= 0.3 is 0 Å². The Morgan fingerprint density at radius 3 is 3.13 bits per heavy atom. The third-order valence-corrected chi connectivity index (χ3v) is 4.39. The molecule has 120 valence electrons. The van der Waals surface area contributed by atoms with Gasteiger partial charge in [-0.15, -0.1) is 6.42 Å². The van der Waals surface area contributed by atoms with Crippen molar-refractivity contribution in [2.75, 3.05) is 13.1 Å². The number of rotatable bonds is 4. The number of likely N-dealkylation sites (tertiary alicyclic amines) is 1. The molecule has 1 amide bonds. The van der Waals surface area contributed by atoms with Crippen LogP contribution in [-0.2, 0) is 4.79 Å². The number of benzene rings is 1. The number of hydrogen-bond acceptors (Lipinski definition) is 3. The number of carbonyl (C=O) groups is 1. The third-order valence-electron chi connectivity index (χ3n) is 4.39. The quantitative estimate of drug-likeness (QED) is 0.851. The van der Waals surface area contributed by atoms with Gasteiger partial charge in [-0.25, -0.2) is 4.98 Å². The summed E-state index contributed by atoms with van der Waals surface area (Å²) in [6.07, 6.45) is 8.45. The molecule has 2 heterocycles. The fourth-order valence-electron chi connectivity index (χ4n) is 3.15. The van der Waals surface area contributed by atoms with Crippen molar-refractivity contribution in [2.24, 2.45) is 0 Å². The molecule has 0 saturated carbocycles. The average Bonchev–Trinajstić information content (AvgIpc) is 3.00. The number of carbonyl (C=O) groups excluding carboxylic acids is 1. The standard InChI is InChI=1S/C18H22N4O/c1-3-11-22-12-7-6-10-16(22)18(23)19-13(2)17-20-14-8-4-5-9-15(14)21-17/h1,4-5,8-9,13,16H,6-7,10-12H2,2H3,(H,19,23)(H,20,21)/t13-,16+/m0/s1. The lowest BCUT2D eigenvalue weighted by atomic mass is 10.0. The van der Waals surface area contributed by atoms with Gasteiger partial charge in [-0.3, -0.25) is 9.69 Å². The van der Waals surface area contributed by atoms with Gasteiger partial charge in [0.2, 0.25) is 5.91 Å². The largest absolute Gasteiger partial charge is 0.345 e. The first kappa shape index (κ1) is 15.6. The zero-order valence-electron chi connectivity index (χ0n) is 13.4. The van der Waals surface area contributed by atoms with Gasteiger partial charge in [0.25, 0.3) is 0 Å². The second-order valence-corrected chi connectivity index (χ2v) is 6.06. The highest BCUT2D eigenvalue weighted by Crippen LogP contribution is 2.19. The van der Waals surface area contributed by atoms with Crippen LogP contribution < -0.4 is 5.32 Å². The lowest BCUT2D eigenvalue weighted by Gasteiger charge is -2.33. The Labute approximate surface area is 136 Å². The summed E-state index contributed by atoms with van der Waals surface area (Å²) in [7, 11) is 0. The van der Waals surface area contributed by atoms with Crippen LogP contribution in [0.1, 0.15) is 38.1 Å². The molecule has 1 fully saturated rings. The van der Waals surface area contributed by atoms with Crippen LogP contribution >= 0.6 is 0 Å². The molecule has 2 N–H and O–H groups in total. The minimum atomic E-state index is -0.162. The van der Waals surface area contributed by atoms with Gasteiger partial charge in [-0.05, 0) is 38.4 Å². The van der Waals surface area contributed by atoms with Crippen molar-refractivity contribution in [3.05, 3.63) is 30.1 Å². The number of aromatic amines is 1. The number of terminal acetylenes is 1. The molecule has 3 rings (SSSR count). The molecule has 2 aromatic rings. The fraction of sp³-hybridized carbons (Fsp3) is 0.444. The molecule has 5 heteroatoms. The topological polar surface area (TPSA) is 61.0 Å². The molecule has 0 aliphatic carbocycles. The monoisotopic (exact) mass is 310 g/mol. The number of nitrogens with zero attached hydrogens (tertiary/aromatic N) is 2. The zero-order valence-corrected chi connectivity index (χ0v) is 13.4. The molecule has 1 saturated heterocycles. The second kappa shape index (κ2) is 6.84. The van der Waals surface area contributed by atoms with Gasteiger partial charge in [0.15, 0.2) is 0 Å². The first-order valence-electron chi connectivity index (χ1n) is 8.11. The normalized spacial score (nSPS) is 20.1. The van der Waals surface area contributed by atoms with Gasteiger partial charge in [0, 0.05) is 0 Å². The van der Waals surface area contributed by atoms with E-state index in [1.807, 2.05) is 31.2 Å². The van der Waals surface area contributed by atoms with E-state index in [4.69, 9.17) is 6.42 Å². The second-order valence-electron chi connectivity index (χ2n) is 6.06. The van der Waals surface area contributed by atoms with Gasteiger partial charge in [-0.2, -0.15) is 0 Å². The highest BCUT2D eigenvalue weighted by atomic mass is 16.2. The fourth-order valence-corrected chi connectivity index (χ4v) is 3.15. The molecular weight excluding hydrogens is 288 g/mol. The number of H-pyrrole nitrogens is 1. The van der Waals surface area contributed by atoms with Crippen molar-refractivity contribution in [3.63, 3.8) is 0 Å². The van der Waals surface area contributed by atoms with Crippen molar-refractivity contribution in [1.82, 2.24) is 20.2 Å². The molecule has 1 aromatic carbocycles. The summed E-state index contributed by atoms with van der Waals surface area (Å²) in [4.78, 5) is 22.5. The smallest absolute Gasteiger partial charge is 0.237 e. The number of nitrogens with one attached hydrogen (secondary N) is 2. The maximum atomic E-state index is 12.6. The molecule has 1 aromatic heterocycles. The van der Waals surface area contributed by atoms with Crippen LogP contribution in [0.25, 0.3) is 11.0 Å². The summed E-state index contributed by atoms with van der Waals surface area (Å²) >= 11 is 0. The van der Waals surface area contributed by atoms with Gasteiger partial charge in [-0.1, -0.05) is 24.5 Å². The Kier molecular flexibility index (Phi) is 4.63. The van der Waals surface area contributed by atoms with E-state index in [1.54, 1.807) is 0 Å². The lowest BCUT2D eigenvalue weighted by molar-refractivity contribution is -0.128. The Bertz CT molecular complexity index is 697. The summed E-state index contributed by atoms with van der Waals surface area (Å²) < 4.78 is 0. The summed E-state index contributed by atoms with van der Waals surface area (Å²) in [5.41, 5.74) is 1.89. The molecule has 2 atom stereocenters. The Morgan fingerprint density at radius 1 is 1.52 bits per heavy atom. The van der Waals surface area contributed by atoms with E-state index < -0.39 is 0 Å². The highest BCUT2D eigenvalue weighted by Gasteiger charge is 2.29. The van der Waals surface area contributed by atoms with Crippen molar-refractivity contribution in [2.45, 2.75) is 38.3 Å². The number of imidazole rings is 1. The molecule has 5 nitrogen and oxygen atoms in total. The average molecular weight is 310 g/mol. The van der Waals surface area contributed by atoms with E-state index in [2.05, 4.69) is 26.1 Å². The SMILES string of the molecule is C#CCN1CCCC[C@@H]1C(=O)N[C@@H](C)c1nc2ccccc2[nH]1. The minimum Gasteiger partial charge on any atom is -0.345 e. The van der Waals surface area contributed by atoms with E-state index in [0.29, 0.717) is 6.54 Å². The number of fused-ring (bicyclic) bond motifs is 1. The first-order valence-corrected chi connectivity index (χ1v) is 8.11. The minimum absolute atomic E-state index is 0.0351. The molecule has 23 heavy (non-hydrogen) atoms. The zero-order chi connectivity index (χ0) is 16.2. The summed E-state index contributed by atoms with van der Waals surface area (Å²) in [6.45, 7) is 3.36. The Balaban J connectivity index is 1.69. The van der Waals surface area contributed by atoms with Crippen LogP contribution in [0.4, 0.5) is 0 Å². The van der Waals surface area contributed by atoms with Gasteiger partial charge < -0.3 is 10.3 Å². The van der Waals surface area contributed by atoms with E-state index in [-0.39, 0.29) is 18.0 Å². The van der Waals surface area contributed by atoms with Crippen molar-refractivity contribution < 1.29 is 4.79 Å². The third kappa shape index (κ3) is 3.38. The Morgan fingerprint density at radius 2 is 2.35 bits per heavy atom. The van der Waals surface area contributed by atoms with Crippen LogP contribution in [0, 0.1) is 12.3 Å². The molecule has 1 aliphatic heterocycles. The van der Waals surface area contributed by atoms with Crippen LogP contribution in [0.3, 0.4) is 0 Å². The van der Waals surface area contributed by atoms with Crippen molar-refractivity contribution in [3.8, 4) is 12.3 Å². The maximum absolute atomic E-state index is 12.6. The molecule has 1 aliphatic rings. The number of piperidine rings is 1. The van der Waals surface area contributed by atoms with Gasteiger partial charge in [0.1, 0.15) is 5.82 Å². The molecule has 0 bridgehead atoms. The van der Waals surface area contributed by atoms with Gasteiger partial charge in [0.05, 0.1) is 29.7 Å². The van der Waals surface area contributed by atoms with E-state index >= 15 is 0 Å². The predicted molar refractivity (Wildman–Crippen MR) is 90.7 cm³/mol. The van der Waals surface area contributed by atoms with Crippen LogP contribution in [0.2, 0.25) is 0 Å². The summed E-state index contributed by atoms with van der Waals surface area (Å²) in [6, 6.07) is 7.56. The molecular formula is C18H22N4O. The van der Waals surface area contributed by atoms with E-state index in [0.717, 1.165) is 42.7 Å². The molecule has 0 spiro atoms. The van der Waals surface area contributed by atoms with E-state index in [9.17, 15) is 4.79 Å². The maximum Gasteiger partial charge on any atom is 0.237 e. The molecule has 0 unspecified atom stereocenters. The number of aromatic nitrogens is 2. The number of amides is 1. The van der Waals surface area contributed by atoms with Crippen LogP contribution in [0.5, 0.6) is 0 Å². The van der Waals surface area contributed by atoms with Crippen molar-refractivity contribution in [1.29, 1.82) is 0 Å². The predicted octanol–water partition coefficient (Wildman–Crippen LogP) is 2.23. The summed E-state index contributed by atoms with van der Waals surface area (Å²) in [5.74, 6) is 3.46. The first-order chi connectivity index (χ1) is 11.2. The highest BCUT2D eigenvalue weighted by molar-refractivity contribution is 5.82. The van der Waals surface area contributed by atoms with Crippen LogP contribution in [-0.4, -0.2) is 39.9 Å².